The standard InChI is InChI=1S/C15H17N3O3/c1-8-2-4-10-9(6-8)3-5-11(10)16-13(19)7-12-14(20)18-15(21)17-12/h2,4,6,11-12H,3,5,7H2,1H3,(H,16,19)(H2,17,18,20,21)/t11-,12-/m0/s1. The zero-order valence-corrected chi connectivity index (χ0v) is 11.7. The van der Waals surface area contributed by atoms with E-state index in [9.17, 15) is 14.4 Å². The minimum atomic E-state index is -0.767. The van der Waals surface area contributed by atoms with Gasteiger partial charge in [-0.05, 0) is 30.9 Å². The number of aryl methyl sites for hydroxylation is 2. The van der Waals surface area contributed by atoms with Gasteiger partial charge in [-0.1, -0.05) is 23.8 Å². The van der Waals surface area contributed by atoms with Gasteiger partial charge in [-0.15, -0.1) is 0 Å². The molecule has 0 unspecified atom stereocenters. The smallest absolute Gasteiger partial charge is 0.322 e. The van der Waals surface area contributed by atoms with E-state index in [-0.39, 0.29) is 18.4 Å². The number of urea groups is 1. The number of rotatable bonds is 3. The molecular weight excluding hydrogens is 270 g/mol. The molecule has 2 atom stereocenters. The third-order valence-electron chi connectivity index (χ3n) is 3.96. The highest BCUT2D eigenvalue weighted by atomic mass is 16.2. The van der Waals surface area contributed by atoms with Crippen LogP contribution in [0.25, 0.3) is 0 Å². The maximum absolute atomic E-state index is 12.0. The predicted octanol–water partition coefficient (Wildman–Crippen LogP) is 0.697. The Morgan fingerprint density at radius 2 is 2.19 bits per heavy atom. The predicted molar refractivity (Wildman–Crippen MR) is 75.5 cm³/mol. The Hall–Kier alpha value is -2.37. The molecule has 1 aromatic carbocycles. The first-order valence-electron chi connectivity index (χ1n) is 7.03. The topological polar surface area (TPSA) is 87.3 Å². The normalized spacial score (nSPS) is 23.5. The minimum absolute atomic E-state index is 0.00624. The van der Waals surface area contributed by atoms with E-state index in [0.717, 1.165) is 18.4 Å². The number of benzene rings is 1. The summed E-state index contributed by atoms with van der Waals surface area (Å²) in [4.78, 5) is 34.5. The third kappa shape index (κ3) is 2.74. The average molecular weight is 287 g/mol. The summed E-state index contributed by atoms with van der Waals surface area (Å²) in [5.74, 6) is -0.673. The lowest BCUT2D eigenvalue weighted by atomic mass is 10.1. The van der Waals surface area contributed by atoms with Crippen LogP contribution in [0.2, 0.25) is 0 Å². The lowest BCUT2D eigenvalue weighted by molar-refractivity contribution is -0.126. The van der Waals surface area contributed by atoms with Crippen LogP contribution in [0, 0.1) is 6.92 Å². The molecule has 1 aliphatic carbocycles. The molecule has 1 aliphatic heterocycles. The first-order chi connectivity index (χ1) is 10.0. The zero-order chi connectivity index (χ0) is 15.0. The molecule has 2 aliphatic rings. The van der Waals surface area contributed by atoms with E-state index in [1.165, 1.54) is 11.1 Å². The Balaban J connectivity index is 1.62. The number of hydrogen-bond donors (Lipinski definition) is 3. The van der Waals surface area contributed by atoms with E-state index in [2.05, 4.69) is 22.0 Å². The lowest BCUT2D eigenvalue weighted by Crippen LogP contribution is -2.37. The van der Waals surface area contributed by atoms with Crippen molar-refractivity contribution in [2.75, 3.05) is 0 Å². The Kier molecular flexibility index (Phi) is 3.37. The number of carbonyl (C=O) groups is 3. The van der Waals surface area contributed by atoms with Crippen LogP contribution < -0.4 is 16.0 Å². The highest BCUT2D eigenvalue weighted by Crippen LogP contribution is 2.31. The van der Waals surface area contributed by atoms with Crippen molar-refractivity contribution in [2.24, 2.45) is 0 Å². The fraction of sp³-hybridized carbons (Fsp3) is 0.400. The van der Waals surface area contributed by atoms with E-state index < -0.39 is 18.0 Å². The van der Waals surface area contributed by atoms with Crippen LogP contribution >= 0.6 is 0 Å². The number of carbonyl (C=O) groups excluding carboxylic acids is 3. The molecule has 3 rings (SSSR count). The Bertz CT molecular complexity index is 627. The molecule has 0 radical (unpaired) electrons. The fourth-order valence-electron chi connectivity index (χ4n) is 2.94. The van der Waals surface area contributed by atoms with Crippen molar-refractivity contribution >= 4 is 17.8 Å². The molecule has 6 nitrogen and oxygen atoms in total. The van der Waals surface area contributed by atoms with E-state index >= 15 is 0 Å². The SMILES string of the molecule is Cc1ccc2c(c1)CC[C@@H]2NC(=O)C[C@@H]1NC(=O)NC1=O. The van der Waals surface area contributed by atoms with Crippen LogP contribution in [-0.2, 0) is 16.0 Å². The third-order valence-corrected chi connectivity index (χ3v) is 3.96. The second kappa shape index (κ2) is 5.20. The number of amides is 4. The van der Waals surface area contributed by atoms with Crippen LogP contribution in [0.4, 0.5) is 4.79 Å². The molecule has 4 amide bonds. The van der Waals surface area contributed by atoms with Crippen molar-refractivity contribution in [3.63, 3.8) is 0 Å². The van der Waals surface area contributed by atoms with Gasteiger partial charge in [0, 0.05) is 0 Å². The average Bonchev–Trinajstić information content (AvgIpc) is 2.93. The number of fused-ring (bicyclic) bond motifs is 1. The van der Waals surface area contributed by atoms with Gasteiger partial charge in [0.05, 0.1) is 12.5 Å². The summed E-state index contributed by atoms with van der Waals surface area (Å²) in [6.07, 6.45) is 1.78. The zero-order valence-electron chi connectivity index (χ0n) is 11.7. The molecule has 1 aromatic rings. The molecule has 0 saturated carbocycles. The van der Waals surface area contributed by atoms with Crippen LogP contribution in [0.3, 0.4) is 0 Å². The van der Waals surface area contributed by atoms with Gasteiger partial charge in [0.2, 0.25) is 5.91 Å². The highest BCUT2D eigenvalue weighted by Gasteiger charge is 2.32. The van der Waals surface area contributed by atoms with Crippen molar-refractivity contribution in [3.05, 3.63) is 34.9 Å². The summed E-state index contributed by atoms with van der Waals surface area (Å²) in [5, 5.41) is 7.49. The maximum Gasteiger partial charge on any atom is 0.322 e. The van der Waals surface area contributed by atoms with Crippen LogP contribution in [0.5, 0.6) is 0 Å². The van der Waals surface area contributed by atoms with E-state index in [1.54, 1.807) is 0 Å². The lowest BCUT2D eigenvalue weighted by Gasteiger charge is -2.15. The summed E-state index contributed by atoms with van der Waals surface area (Å²) in [6.45, 7) is 2.05. The number of hydrogen-bond acceptors (Lipinski definition) is 3. The summed E-state index contributed by atoms with van der Waals surface area (Å²) in [6, 6.07) is 4.91. The molecule has 110 valence electrons. The van der Waals surface area contributed by atoms with Crippen LogP contribution in [-0.4, -0.2) is 23.9 Å². The fourth-order valence-corrected chi connectivity index (χ4v) is 2.94. The largest absolute Gasteiger partial charge is 0.349 e. The number of nitrogens with one attached hydrogen (secondary N) is 3. The van der Waals surface area contributed by atoms with Crippen molar-refractivity contribution in [3.8, 4) is 0 Å². The Morgan fingerprint density at radius 3 is 2.90 bits per heavy atom. The van der Waals surface area contributed by atoms with E-state index in [0.29, 0.717) is 0 Å². The molecule has 0 aromatic heterocycles. The summed E-state index contributed by atoms with van der Waals surface area (Å²) in [5.41, 5.74) is 3.63. The van der Waals surface area contributed by atoms with Gasteiger partial charge in [-0.2, -0.15) is 0 Å². The molecule has 21 heavy (non-hydrogen) atoms. The van der Waals surface area contributed by atoms with Crippen LogP contribution in [0.15, 0.2) is 18.2 Å². The summed E-state index contributed by atoms with van der Waals surface area (Å²) >= 11 is 0. The summed E-state index contributed by atoms with van der Waals surface area (Å²) in [7, 11) is 0. The molecular formula is C15H17N3O3. The monoisotopic (exact) mass is 287 g/mol. The first kappa shape index (κ1) is 13.6. The van der Waals surface area contributed by atoms with Crippen molar-refractivity contribution in [1.82, 2.24) is 16.0 Å². The van der Waals surface area contributed by atoms with Crippen molar-refractivity contribution in [2.45, 2.75) is 38.3 Å². The summed E-state index contributed by atoms with van der Waals surface area (Å²) < 4.78 is 0. The molecule has 1 fully saturated rings. The van der Waals surface area contributed by atoms with E-state index in [4.69, 9.17) is 0 Å². The molecule has 0 spiro atoms. The maximum atomic E-state index is 12.0. The molecule has 6 heteroatoms. The minimum Gasteiger partial charge on any atom is -0.349 e. The van der Waals surface area contributed by atoms with Gasteiger partial charge in [-0.25, -0.2) is 4.79 Å². The van der Waals surface area contributed by atoms with E-state index in [1.807, 2.05) is 19.1 Å². The van der Waals surface area contributed by atoms with Gasteiger partial charge in [0.15, 0.2) is 0 Å². The van der Waals surface area contributed by atoms with Crippen LogP contribution in [0.1, 0.15) is 35.6 Å². The second-order valence-corrected chi connectivity index (χ2v) is 5.58. The van der Waals surface area contributed by atoms with Gasteiger partial charge in [0.1, 0.15) is 6.04 Å². The molecule has 3 N–H and O–H groups in total. The molecule has 1 heterocycles. The molecule has 1 saturated heterocycles. The number of imide groups is 1. The Morgan fingerprint density at radius 1 is 1.38 bits per heavy atom. The van der Waals surface area contributed by atoms with Gasteiger partial charge >= 0.3 is 6.03 Å². The highest BCUT2D eigenvalue weighted by molar-refractivity contribution is 6.05. The second-order valence-electron chi connectivity index (χ2n) is 5.58. The molecule has 0 bridgehead atoms. The van der Waals surface area contributed by atoms with Gasteiger partial charge < -0.3 is 10.6 Å². The van der Waals surface area contributed by atoms with Gasteiger partial charge in [-0.3, -0.25) is 14.9 Å². The van der Waals surface area contributed by atoms with Crippen molar-refractivity contribution < 1.29 is 14.4 Å². The first-order valence-corrected chi connectivity index (χ1v) is 7.03. The quantitative estimate of drug-likeness (QED) is 0.715. The van der Waals surface area contributed by atoms with Crippen molar-refractivity contribution in [1.29, 1.82) is 0 Å². The van der Waals surface area contributed by atoms with Gasteiger partial charge in [0.25, 0.3) is 5.91 Å². The Labute approximate surface area is 122 Å².